The lowest BCUT2D eigenvalue weighted by atomic mass is 10.1. The van der Waals surface area contributed by atoms with E-state index in [0.717, 1.165) is 35.6 Å². The Bertz CT molecular complexity index is 566. The van der Waals surface area contributed by atoms with Gasteiger partial charge < -0.3 is 10.6 Å². The van der Waals surface area contributed by atoms with Gasteiger partial charge in [0.05, 0.1) is 5.69 Å². The lowest BCUT2D eigenvalue weighted by Gasteiger charge is -2.21. The molecule has 0 radical (unpaired) electrons. The van der Waals surface area contributed by atoms with Gasteiger partial charge in [-0.3, -0.25) is 0 Å². The zero-order chi connectivity index (χ0) is 14.5. The molecule has 2 rings (SSSR count). The molecule has 20 heavy (non-hydrogen) atoms. The van der Waals surface area contributed by atoms with Gasteiger partial charge in [-0.2, -0.15) is 5.10 Å². The minimum atomic E-state index is 0.493. The fourth-order valence-electron chi connectivity index (χ4n) is 2.24. The predicted molar refractivity (Wildman–Crippen MR) is 82.8 cm³/mol. The number of benzene rings is 1. The van der Waals surface area contributed by atoms with E-state index in [-0.39, 0.29) is 0 Å². The van der Waals surface area contributed by atoms with Crippen molar-refractivity contribution in [1.82, 2.24) is 10.2 Å². The molecule has 2 N–H and O–H groups in total. The Morgan fingerprint density at radius 2 is 1.80 bits per heavy atom. The third-order valence-electron chi connectivity index (χ3n) is 3.70. The van der Waals surface area contributed by atoms with Crippen molar-refractivity contribution >= 4 is 5.82 Å². The highest BCUT2D eigenvalue weighted by atomic mass is 15.2. The Balaban J connectivity index is 2.13. The van der Waals surface area contributed by atoms with E-state index in [2.05, 4.69) is 46.3 Å². The van der Waals surface area contributed by atoms with Crippen molar-refractivity contribution in [2.24, 2.45) is 5.73 Å². The average molecular weight is 270 g/mol. The van der Waals surface area contributed by atoms with Crippen LogP contribution < -0.4 is 10.6 Å². The molecular weight excluding hydrogens is 248 g/mol. The van der Waals surface area contributed by atoms with E-state index in [4.69, 9.17) is 5.73 Å². The summed E-state index contributed by atoms with van der Waals surface area (Å²) in [6.45, 7) is 5.41. The van der Waals surface area contributed by atoms with Gasteiger partial charge in [-0.1, -0.05) is 30.3 Å². The fraction of sp³-hybridized carbons (Fsp3) is 0.375. The second-order valence-electron chi connectivity index (χ2n) is 5.07. The molecule has 0 aliphatic rings. The van der Waals surface area contributed by atoms with Crippen molar-refractivity contribution in [3.8, 4) is 0 Å². The normalized spacial score (nSPS) is 10.6. The SMILES string of the molecule is Cc1nnc(N(C)CCc2ccccc2)c(CN)c1C. The molecule has 4 nitrogen and oxygen atoms in total. The highest BCUT2D eigenvalue weighted by molar-refractivity contribution is 5.50. The smallest absolute Gasteiger partial charge is 0.155 e. The van der Waals surface area contributed by atoms with Gasteiger partial charge in [0, 0.05) is 25.7 Å². The predicted octanol–water partition coefficient (Wildman–Crippen LogP) is 2.23. The molecule has 0 atom stereocenters. The van der Waals surface area contributed by atoms with Gasteiger partial charge in [0.1, 0.15) is 0 Å². The Morgan fingerprint density at radius 3 is 2.45 bits per heavy atom. The second-order valence-corrected chi connectivity index (χ2v) is 5.07. The van der Waals surface area contributed by atoms with Crippen LogP contribution in [0.1, 0.15) is 22.4 Å². The molecule has 0 aliphatic heterocycles. The van der Waals surface area contributed by atoms with Crippen molar-refractivity contribution in [3.05, 3.63) is 52.7 Å². The van der Waals surface area contributed by atoms with Crippen LogP contribution in [0.5, 0.6) is 0 Å². The molecule has 0 saturated carbocycles. The van der Waals surface area contributed by atoms with Gasteiger partial charge in [0.25, 0.3) is 0 Å². The molecule has 1 heterocycles. The molecule has 106 valence electrons. The van der Waals surface area contributed by atoms with Crippen LogP contribution in [0.4, 0.5) is 5.82 Å². The van der Waals surface area contributed by atoms with E-state index in [9.17, 15) is 0 Å². The van der Waals surface area contributed by atoms with Gasteiger partial charge in [0.2, 0.25) is 0 Å². The van der Waals surface area contributed by atoms with Crippen molar-refractivity contribution in [1.29, 1.82) is 0 Å². The fourth-order valence-corrected chi connectivity index (χ4v) is 2.24. The van der Waals surface area contributed by atoms with E-state index in [1.165, 1.54) is 5.56 Å². The summed E-state index contributed by atoms with van der Waals surface area (Å²) in [7, 11) is 2.04. The zero-order valence-electron chi connectivity index (χ0n) is 12.4. The number of anilines is 1. The molecule has 4 heteroatoms. The molecule has 0 bridgehead atoms. The van der Waals surface area contributed by atoms with Crippen LogP contribution in [0.2, 0.25) is 0 Å². The van der Waals surface area contributed by atoms with Crippen LogP contribution in [-0.4, -0.2) is 23.8 Å². The van der Waals surface area contributed by atoms with E-state index in [1.807, 2.05) is 20.0 Å². The molecular formula is C16H22N4. The highest BCUT2D eigenvalue weighted by Gasteiger charge is 2.13. The summed E-state index contributed by atoms with van der Waals surface area (Å²) in [5, 5.41) is 8.53. The van der Waals surface area contributed by atoms with Gasteiger partial charge in [-0.25, -0.2) is 0 Å². The summed E-state index contributed by atoms with van der Waals surface area (Å²) < 4.78 is 0. The van der Waals surface area contributed by atoms with Crippen LogP contribution in [-0.2, 0) is 13.0 Å². The Labute approximate surface area is 120 Å². The maximum Gasteiger partial charge on any atom is 0.155 e. The molecule has 1 aromatic carbocycles. The van der Waals surface area contributed by atoms with E-state index in [0.29, 0.717) is 6.54 Å². The van der Waals surface area contributed by atoms with Crippen LogP contribution in [0.3, 0.4) is 0 Å². The van der Waals surface area contributed by atoms with Crippen molar-refractivity contribution in [2.75, 3.05) is 18.5 Å². The number of aromatic nitrogens is 2. The van der Waals surface area contributed by atoms with E-state index in [1.54, 1.807) is 0 Å². The third kappa shape index (κ3) is 3.14. The maximum atomic E-state index is 5.87. The van der Waals surface area contributed by atoms with E-state index < -0.39 is 0 Å². The first-order valence-electron chi connectivity index (χ1n) is 6.91. The minimum absolute atomic E-state index is 0.493. The maximum absolute atomic E-state index is 5.87. The van der Waals surface area contributed by atoms with Crippen LogP contribution in [0.25, 0.3) is 0 Å². The van der Waals surface area contributed by atoms with Gasteiger partial charge in [-0.15, -0.1) is 5.10 Å². The number of hydrogen-bond donors (Lipinski definition) is 1. The molecule has 0 spiro atoms. The number of rotatable bonds is 5. The first-order chi connectivity index (χ1) is 9.63. The number of nitrogens with zero attached hydrogens (tertiary/aromatic N) is 3. The second kappa shape index (κ2) is 6.48. The van der Waals surface area contributed by atoms with Gasteiger partial charge in [-0.05, 0) is 31.4 Å². The van der Waals surface area contributed by atoms with Crippen molar-refractivity contribution in [3.63, 3.8) is 0 Å². The summed E-state index contributed by atoms with van der Waals surface area (Å²) in [6, 6.07) is 10.5. The number of aryl methyl sites for hydroxylation is 1. The monoisotopic (exact) mass is 270 g/mol. The van der Waals surface area contributed by atoms with Crippen LogP contribution >= 0.6 is 0 Å². The molecule has 2 aromatic rings. The van der Waals surface area contributed by atoms with Crippen molar-refractivity contribution < 1.29 is 0 Å². The molecule has 0 amide bonds. The quantitative estimate of drug-likeness (QED) is 0.905. The summed E-state index contributed by atoms with van der Waals surface area (Å²) in [6.07, 6.45) is 0.982. The highest BCUT2D eigenvalue weighted by Crippen LogP contribution is 2.20. The molecule has 0 aliphatic carbocycles. The first kappa shape index (κ1) is 14.5. The number of nitrogens with two attached hydrogens (primary N) is 1. The number of hydrogen-bond acceptors (Lipinski definition) is 4. The lowest BCUT2D eigenvalue weighted by molar-refractivity contribution is 0.808. The molecule has 1 aromatic heterocycles. The summed E-state index contributed by atoms with van der Waals surface area (Å²) in [5.41, 5.74) is 10.4. The zero-order valence-corrected chi connectivity index (χ0v) is 12.4. The topological polar surface area (TPSA) is 55.0 Å². The Morgan fingerprint density at radius 1 is 1.10 bits per heavy atom. The standard InChI is InChI=1S/C16H22N4/c1-12-13(2)18-19-16(15(12)11-17)20(3)10-9-14-7-5-4-6-8-14/h4-8H,9-11,17H2,1-3H3. The van der Waals surface area contributed by atoms with Crippen molar-refractivity contribution in [2.45, 2.75) is 26.8 Å². The van der Waals surface area contributed by atoms with Crippen LogP contribution in [0, 0.1) is 13.8 Å². The molecule has 0 unspecified atom stereocenters. The summed E-state index contributed by atoms with van der Waals surface area (Å²) in [4.78, 5) is 2.13. The number of likely N-dealkylation sites (N-methyl/N-ethyl adjacent to an activating group) is 1. The Hall–Kier alpha value is -1.94. The average Bonchev–Trinajstić information content (AvgIpc) is 2.48. The summed E-state index contributed by atoms with van der Waals surface area (Å²) >= 11 is 0. The first-order valence-corrected chi connectivity index (χ1v) is 6.91. The summed E-state index contributed by atoms with van der Waals surface area (Å²) in [5.74, 6) is 0.895. The third-order valence-corrected chi connectivity index (χ3v) is 3.70. The lowest BCUT2D eigenvalue weighted by Crippen LogP contribution is -2.25. The van der Waals surface area contributed by atoms with Gasteiger partial charge in [0.15, 0.2) is 5.82 Å². The molecule has 0 saturated heterocycles. The Kier molecular flexibility index (Phi) is 4.69. The minimum Gasteiger partial charge on any atom is -0.358 e. The largest absolute Gasteiger partial charge is 0.358 e. The van der Waals surface area contributed by atoms with Gasteiger partial charge >= 0.3 is 0 Å². The van der Waals surface area contributed by atoms with E-state index >= 15 is 0 Å². The van der Waals surface area contributed by atoms with Crippen LogP contribution in [0.15, 0.2) is 30.3 Å². The molecule has 0 fully saturated rings.